The third-order valence-electron chi connectivity index (χ3n) is 5.92. The first-order valence-corrected chi connectivity index (χ1v) is 11.0. The van der Waals surface area contributed by atoms with Gasteiger partial charge in [-0.25, -0.2) is 15.0 Å². The Morgan fingerprint density at radius 3 is 2.56 bits per heavy atom. The standard InChI is InChI=1S/C24H25N9O/c1-16-10-17(12-25)26-14-20(16)34-22-11-19(23-24(30-22)32(3)15-28-23)29-21-5-4-18(13-27-21)33-8-6-31(2)7-9-33/h4-5,10-11,13-15H,6-9H2,1-3H3,(H,27,29,30). The molecule has 0 spiro atoms. The van der Waals surface area contributed by atoms with E-state index in [2.05, 4.69) is 48.2 Å². The number of piperazine rings is 1. The summed E-state index contributed by atoms with van der Waals surface area (Å²) < 4.78 is 7.87. The number of hydrogen-bond acceptors (Lipinski definition) is 9. The van der Waals surface area contributed by atoms with Crippen LogP contribution in [0.2, 0.25) is 0 Å². The van der Waals surface area contributed by atoms with Crippen molar-refractivity contribution < 1.29 is 4.74 Å². The quantitative estimate of drug-likeness (QED) is 0.485. The molecule has 5 rings (SSSR count). The van der Waals surface area contributed by atoms with Crippen LogP contribution in [0.1, 0.15) is 11.3 Å². The minimum atomic E-state index is 0.341. The van der Waals surface area contributed by atoms with Crippen LogP contribution >= 0.6 is 0 Å². The van der Waals surface area contributed by atoms with E-state index in [9.17, 15) is 0 Å². The molecule has 1 aliphatic heterocycles. The van der Waals surface area contributed by atoms with Gasteiger partial charge in [0.15, 0.2) is 11.4 Å². The van der Waals surface area contributed by atoms with E-state index in [-0.39, 0.29) is 0 Å². The highest BCUT2D eigenvalue weighted by Gasteiger charge is 2.16. The van der Waals surface area contributed by atoms with E-state index in [1.54, 1.807) is 18.5 Å². The lowest BCUT2D eigenvalue weighted by molar-refractivity contribution is 0.313. The van der Waals surface area contributed by atoms with Crippen molar-refractivity contribution in [3.63, 3.8) is 0 Å². The molecule has 10 heteroatoms. The SMILES string of the molecule is Cc1cc(C#N)ncc1Oc1cc(Nc2ccc(N3CCN(C)CC3)cn2)c2ncn(C)c2n1. The van der Waals surface area contributed by atoms with Gasteiger partial charge in [0, 0.05) is 39.3 Å². The number of hydrogen-bond donors (Lipinski definition) is 1. The first-order valence-electron chi connectivity index (χ1n) is 11.0. The third-order valence-corrected chi connectivity index (χ3v) is 5.92. The fourth-order valence-electron chi connectivity index (χ4n) is 3.90. The Kier molecular flexibility index (Phi) is 5.69. The van der Waals surface area contributed by atoms with Crippen LogP contribution in [0.25, 0.3) is 11.2 Å². The van der Waals surface area contributed by atoms with E-state index >= 15 is 0 Å². The molecule has 10 nitrogen and oxygen atoms in total. The molecule has 0 aliphatic carbocycles. The smallest absolute Gasteiger partial charge is 0.223 e. The molecule has 0 atom stereocenters. The number of aryl methyl sites for hydroxylation is 2. The molecule has 34 heavy (non-hydrogen) atoms. The van der Waals surface area contributed by atoms with Crippen molar-refractivity contribution in [2.45, 2.75) is 6.92 Å². The number of fused-ring (bicyclic) bond motifs is 1. The van der Waals surface area contributed by atoms with Crippen LogP contribution in [0, 0.1) is 18.3 Å². The van der Waals surface area contributed by atoms with Crippen molar-refractivity contribution in [2.75, 3.05) is 43.4 Å². The number of ether oxygens (including phenoxy) is 1. The summed E-state index contributed by atoms with van der Waals surface area (Å²) in [5, 5.41) is 12.4. The second-order valence-corrected chi connectivity index (χ2v) is 8.40. The maximum absolute atomic E-state index is 9.05. The van der Waals surface area contributed by atoms with Crippen LogP contribution in [0.4, 0.5) is 17.2 Å². The van der Waals surface area contributed by atoms with Gasteiger partial charge < -0.3 is 24.4 Å². The first kappa shape index (κ1) is 21.6. The van der Waals surface area contributed by atoms with Crippen molar-refractivity contribution in [3.05, 3.63) is 54.2 Å². The molecule has 0 unspecified atom stereocenters. The molecule has 0 saturated carbocycles. The Balaban J connectivity index is 1.41. The van der Waals surface area contributed by atoms with Gasteiger partial charge in [0.25, 0.3) is 0 Å². The van der Waals surface area contributed by atoms with Crippen LogP contribution < -0.4 is 15.0 Å². The van der Waals surface area contributed by atoms with E-state index < -0.39 is 0 Å². The lowest BCUT2D eigenvalue weighted by Crippen LogP contribution is -2.44. The van der Waals surface area contributed by atoms with Gasteiger partial charge >= 0.3 is 0 Å². The van der Waals surface area contributed by atoms with Crippen LogP contribution in [-0.4, -0.2) is 62.6 Å². The highest BCUT2D eigenvalue weighted by molar-refractivity contribution is 5.88. The number of rotatable bonds is 5. The molecule has 1 saturated heterocycles. The van der Waals surface area contributed by atoms with Crippen molar-refractivity contribution in [1.29, 1.82) is 5.26 Å². The normalized spacial score (nSPS) is 14.2. The molecular formula is C24H25N9O. The highest BCUT2D eigenvalue weighted by atomic mass is 16.5. The molecule has 1 N–H and O–H groups in total. The molecule has 5 heterocycles. The molecule has 4 aromatic rings. The zero-order valence-electron chi connectivity index (χ0n) is 19.4. The number of nitrogens with one attached hydrogen (secondary N) is 1. The second kappa shape index (κ2) is 8.96. The van der Waals surface area contributed by atoms with Crippen LogP contribution in [0.3, 0.4) is 0 Å². The van der Waals surface area contributed by atoms with Gasteiger partial charge in [-0.2, -0.15) is 10.2 Å². The second-order valence-electron chi connectivity index (χ2n) is 8.40. The minimum Gasteiger partial charge on any atom is -0.437 e. The molecule has 0 bridgehead atoms. The summed E-state index contributed by atoms with van der Waals surface area (Å²) in [5.74, 6) is 1.63. The van der Waals surface area contributed by atoms with E-state index in [4.69, 9.17) is 10.00 Å². The summed E-state index contributed by atoms with van der Waals surface area (Å²) in [6.07, 6.45) is 5.15. The van der Waals surface area contributed by atoms with Gasteiger partial charge in [0.2, 0.25) is 5.88 Å². The minimum absolute atomic E-state index is 0.341. The molecule has 1 fully saturated rings. The molecule has 0 aromatic carbocycles. The average Bonchev–Trinajstić information content (AvgIpc) is 3.22. The lowest BCUT2D eigenvalue weighted by Gasteiger charge is -2.33. The number of imidazole rings is 1. The summed E-state index contributed by atoms with van der Waals surface area (Å²) in [7, 11) is 4.03. The van der Waals surface area contributed by atoms with Crippen molar-refractivity contribution in [2.24, 2.45) is 7.05 Å². The average molecular weight is 456 g/mol. The Bertz CT molecular complexity index is 1370. The van der Waals surface area contributed by atoms with Gasteiger partial charge in [-0.1, -0.05) is 0 Å². The summed E-state index contributed by atoms with van der Waals surface area (Å²) >= 11 is 0. The lowest BCUT2D eigenvalue weighted by atomic mass is 10.2. The first-order chi connectivity index (χ1) is 16.5. The Labute approximate surface area is 197 Å². The number of aromatic nitrogens is 5. The number of nitriles is 1. The highest BCUT2D eigenvalue weighted by Crippen LogP contribution is 2.31. The van der Waals surface area contributed by atoms with Crippen molar-refractivity contribution in [3.8, 4) is 17.7 Å². The summed E-state index contributed by atoms with van der Waals surface area (Å²) in [5.41, 5.74) is 4.38. The molecule has 4 aromatic heterocycles. The monoisotopic (exact) mass is 455 g/mol. The Morgan fingerprint density at radius 2 is 1.85 bits per heavy atom. The number of anilines is 3. The van der Waals surface area contributed by atoms with Gasteiger partial charge in [-0.05, 0) is 37.7 Å². The summed E-state index contributed by atoms with van der Waals surface area (Å²) in [6.45, 7) is 5.95. The Hall–Kier alpha value is -4.23. The Morgan fingerprint density at radius 1 is 1.03 bits per heavy atom. The van der Waals surface area contributed by atoms with Crippen LogP contribution in [0.15, 0.2) is 43.0 Å². The van der Waals surface area contributed by atoms with E-state index in [1.807, 2.05) is 36.9 Å². The zero-order valence-corrected chi connectivity index (χ0v) is 19.4. The van der Waals surface area contributed by atoms with Gasteiger partial charge in [0.1, 0.15) is 23.1 Å². The molecular weight excluding hydrogens is 430 g/mol. The topological polar surface area (TPSA) is 108 Å². The van der Waals surface area contributed by atoms with Gasteiger partial charge in [-0.15, -0.1) is 0 Å². The molecule has 172 valence electrons. The summed E-state index contributed by atoms with van der Waals surface area (Å²) in [4.78, 5) is 22.5. The van der Waals surface area contributed by atoms with Crippen LogP contribution in [-0.2, 0) is 7.05 Å². The van der Waals surface area contributed by atoms with E-state index in [1.165, 1.54) is 6.20 Å². The van der Waals surface area contributed by atoms with Gasteiger partial charge in [0.05, 0.1) is 30.1 Å². The maximum atomic E-state index is 9.05. The number of likely N-dealkylation sites (N-methyl/N-ethyl adjacent to an activating group) is 1. The molecule has 1 aliphatic rings. The number of pyridine rings is 3. The zero-order chi connectivity index (χ0) is 23.7. The molecule has 0 radical (unpaired) electrons. The largest absolute Gasteiger partial charge is 0.437 e. The predicted molar refractivity (Wildman–Crippen MR) is 130 cm³/mol. The molecule has 0 amide bonds. The van der Waals surface area contributed by atoms with Crippen LogP contribution in [0.5, 0.6) is 11.6 Å². The fraction of sp³-hybridized carbons (Fsp3) is 0.292. The predicted octanol–water partition coefficient (Wildman–Crippen LogP) is 3.23. The maximum Gasteiger partial charge on any atom is 0.223 e. The van der Waals surface area contributed by atoms with Crippen molar-refractivity contribution >= 4 is 28.4 Å². The fourth-order valence-corrected chi connectivity index (χ4v) is 3.90. The van der Waals surface area contributed by atoms with E-state index in [0.717, 1.165) is 48.6 Å². The van der Waals surface area contributed by atoms with Gasteiger partial charge in [-0.3, -0.25) is 0 Å². The van der Waals surface area contributed by atoms with E-state index in [0.29, 0.717) is 28.8 Å². The van der Waals surface area contributed by atoms with Crippen molar-refractivity contribution in [1.82, 2.24) is 29.4 Å². The third kappa shape index (κ3) is 4.33. The summed E-state index contributed by atoms with van der Waals surface area (Å²) in [6, 6.07) is 9.57. The number of nitrogens with zero attached hydrogens (tertiary/aromatic N) is 8.